The number of benzene rings is 1. The van der Waals surface area contributed by atoms with Crippen molar-refractivity contribution in [2.45, 2.75) is 38.6 Å². The number of rotatable bonds is 8. The van der Waals surface area contributed by atoms with E-state index in [-0.39, 0.29) is 0 Å². The van der Waals surface area contributed by atoms with Gasteiger partial charge in [-0.2, -0.15) is 0 Å². The zero-order valence-corrected chi connectivity index (χ0v) is 12.6. The summed E-state index contributed by atoms with van der Waals surface area (Å²) < 4.78 is 10.8. The lowest BCUT2D eigenvalue weighted by atomic mass is 9.89. The summed E-state index contributed by atoms with van der Waals surface area (Å²) in [6.07, 6.45) is 7.01. The van der Waals surface area contributed by atoms with Crippen LogP contribution < -0.4 is 10.1 Å². The van der Waals surface area contributed by atoms with Gasteiger partial charge in [0.05, 0.1) is 6.61 Å². The SMILES string of the molecule is COCCOc1ccccc1CNCC1CCCCC1. The number of para-hydroxylation sites is 1. The molecular weight excluding hydrogens is 250 g/mol. The summed E-state index contributed by atoms with van der Waals surface area (Å²) in [5, 5.41) is 3.59. The van der Waals surface area contributed by atoms with Crippen LogP contribution in [-0.4, -0.2) is 26.9 Å². The predicted molar refractivity (Wildman–Crippen MR) is 82.1 cm³/mol. The van der Waals surface area contributed by atoms with E-state index in [0.29, 0.717) is 13.2 Å². The molecule has 1 aliphatic rings. The molecule has 0 amide bonds. The van der Waals surface area contributed by atoms with Crippen LogP contribution in [0, 0.1) is 5.92 Å². The van der Waals surface area contributed by atoms with E-state index < -0.39 is 0 Å². The lowest BCUT2D eigenvalue weighted by Crippen LogP contribution is -2.24. The molecule has 0 bridgehead atoms. The molecular formula is C17H27NO2. The molecule has 0 radical (unpaired) electrons. The molecule has 1 saturated carbocycles. The number of hydrogen-bond acceptors (Lipinski definition) is 3. The molecule has 0 heterocycles. The molecule has 0 aromatic heterocycles. The molecule has 112 valence electrons. The molecule has 1 fully saturated rings. The summed E-state index contributed by atoms with van der Waals surface area (Å²) in [5.41, 5.74) is 1.24. The third kappa shape index (κ3) is 5.14. The minimum atomic E-state index is 0.607. The fourth-order valence-corrected chi connectivity index (χ4v) is 2.83. The topological polar surface area (TPSA) is 30.5 Å². The van der Waals surface area contributed by atoms with Crippen LogP contribution in [0.1, 0.15) is 37.7 Å². The van der Waals surface area contributed by atoms with Gasteiger partial charge in [0.15, 0.2) is 0 Å². The minimum absolute atomic E-state index is 0.607. The van der Waals surface area contributed by atoms with E-state index in [2.05, 4.69) is 17.4 Å². The maximum Gasteiger partial charge on any atom is 0.123 e. The molecule has 3 nitrogen and oxygen atoms in total. The molecule has 1 aliphatic carbocycles. The Bertz CT molecular complexity index is 375. The highest BCUT2D eigenvalue weighted by molar-refractivity contribution is 5.33. The molecule has 0 unspecified atom stereocenters. The molecule has 1 N–H and O–H groups in total. The Morgan fingerprint density at radius 2 is 1.90 bits per heavy atom. The van der Waals surface area contributed by atoms with E-state index in [4.69, 9.17) is 9.47 Å². The van der Waals surface area contributed by atoms with Gasteiger partial charge in [-0.25, -0.2) is 0 Å². The van der Waals surface area contributed by atoms with Gasteiger partial charge in [-0.15, -0.1) is 0 Å². The van der Waals surface area contributed by atoms with Crippen molar-refractivity contribution in [3.05, 3.63) is 29.8 Å². The van der Waals surface area contributed by atoms with Gasteiger partial charge in [0.25, 0.3) is 0 Å². The smallest absolute Gasteiger partial charge is 0.123 e. The number of methoxy groups -OCH3 is 1. The van der Waals surface area contributed by atoms with Crippen molar-refractivity contribution in [3.63, 3.8) is 0 Å². The first-order chi connectivity index (χ1) is 9.90. The van der Waals surface area contributed by atoms with Gasteiger partial charge in [0.2, 0.25) is 0 Å². The van der Waals surface area contributed by atoms with Gasteiger partial charge < -0.3 is 14.8 Å². The van der Waals surface area contributed by atoms with Gasteiger partial charge >= 0.3 is 0 Å². The Kier molecular flexibility index (Phi) is 6.89. The molecule has 20 heavy (non-hydrogen) atoms. The Balaban J connectivity index is 1.76. The second-order valence-electron chi connectivity index (χ2n) is 5.58. The summed E-state index contributed by atoms with van der Waals surface area (Å²) in [5.74, 6) is 1.84. The Morgan fingerprint density at radius 1 is 1.10 bits per heavy atom. The summed E-state index contributed by atoms with van der Waals surface area (Å²) in [6.45, 7) is 3.26. The van der Waals surface area contributed by atoms with E-state index >= 15 is 0 Å². The quantitative estimate of drug-likeness (QED) is 0.739. The second kappa shape index (κ2) is 8.98. The van der Waals surface area contributed by atoms with Crippen LogP contribution in [-0.2, 0) is 11.3 Å². The first kappa shape index (κ1) is 15.3. The van der Waals surface area contributed by atoms with Crippen LogP contribution in [0.4, 0.5) is 0 Å². The molecule has 0 aliphatic heterocycles. The molecule has 0 saturated heterocycles. The van der Waals surface area contributed by atoms with Gasteiger partial charge in [0, 0.05) is 19.2 Å². The zero-order valence-electron chi connectivity index (χ0n) is 12.6. The summed E-state index contributed by atoms with van der Waals surface area (Å²) >= 11 is 0. The van der Waals surface area contributed by atoms with Gasteiger partial charge in [-0.05, 0) is 31.4 Å². The van der Waals surface area contributed by atoms with Crippen molar-refractivity contribution in [2.24, 2.45) is 5.92 Å². The molecule has 1 aromatic carbocycles. The average Bonchev–Trinajstić information content (AvgIpc) is 2.50. The lowest BCUT2D eigenvalue weighted by Gasteiger charge is -2.22. The van der Waals surface area contributed by atoms with Crippen molar-refractivity contribution < 1.29 is 9.47 Å². The molecule has 0 atom stereocenters. The Labute approximate surface area is 122 Å². The molecule has 2 rings (SSSR count). The largest absolute Gasteiger partial charge is 0.491 e. The highest BCUT2D eigenvalue weighted by atomic mass is 16.5. The van der Waals surface area contributed by atoms with E-state index in [0.717, 1.165) is 24.8 Å². The average molecular weight is 277 g/mol. The van der Waals surface area contributed by atoms with Crippen LogP contribution in [0.5, 0.6) is 5.75 Å². The zero-order chi connectivity index (χ0) is 14.0. The van der Waals surface area contributed by atoms with Crippen LogP contribution >= 0.6 is 0 Å². The van der Waals surface area contributed by atoms with E-state index in [1.165, 1.54) is 37.7 Å². The fraction of sp³-hybridized carbons (Fsp3) is 0.647. The van der Waals surface area contributed by atoms with Gasteiger partial charge in [0.1, 0.15) is 12.4 Å². The third-order valence-electron chi connectivity index (χ3n) is 3.99. The van der Waals surface area contributed by atoms with E-state index in [1.807, 2.05) is 12.1 Å². The van der Waals surface area contributed by atoms with Crippen LogP contribution in [0.15, 0.2) is 24.3 Å². The molecule has 1 aromatic rings. The van der Waals surface area contributed by atoms with Gasteiger partial charge in [-0.3, -0.25) is 0 Å². The third-order valence-corrected chi connectivity index (χ3v) is 3.99. The van der Waals surface area contributed by atoms with Crippen molar-refractivity contribution >= 4 is 0 Å². The van der Waals surface area contributed by atoms with Crippen LogP contribution in [0.3, 0.4) is 0 Å². The highest BCUT2D eigenvalue weighted by Crippen LogP contribution is 2.23. The lowest BCUT2D eigenvalue weighted by molar-refractivity contribution is 0.145. The van der Waals surface area contributed by atoms with Crippen molar-refractivity contribution in [1.29, 1.82) is 0 Å². The summed E-state index contributed by atoms with van der Waals surface area (Å²) in [6, 6.07) is 8.26. The molecule has 3 heteroatoms. The van der Waals surface area contributed by atoms with Gasteiger partial charge in [-0.1, -0.05) is 37.5 Å². The maximum atomic E-state index is 5.76. The first-order valence-electron chi connectivity index (χ1n) is 7.80. The Morgan fingerprint density at radius 3 is 2.70 bits per heavy atom. The highest BCUT2D eigenvalue weighted by Gasteiger charge is 2.12. The van der Waals surface area contributed by atoms with Crippen molar-refractivity contribution in [1.82, 2.24) is 5.32 Å². The first-order valence-corrected chi connectivity index (χ1v) is 7.80. The Hall–Kier alpha value is -1.06. The summed E-state index contributed by atoms with van der Waals surface area (Å²) in [4.78, 5) is 0. The summed E-state index contributed by atoms with van der Waals surface area (Å²) in [7, 11) is 1.70. The fourth-order valence-electron chi connectivity index (χ4n) is 2.83. The maximum absolute atomic E-state index is 5.76. The minimum Gasteiger partial charge on any atom is -0.491 e. The second-order valence-corrected chi connectivity index (χ2v) is 5.58. The van der Waals surface area contributed by atoms with E-state index in [1.54, 1.807) is 7.11 Å². The number of nitrogens with one attached hydrogen (secondary N) is 1. The van der Waals surface area contributed by atoms with E-state index in [9.17, 15) is 0 Å². The van der Waals surface area contributed by atoms with Crippen LogP contribution in [0.25, 0.3) is 0 Å². The van der Waals surface area contributed by atoms with Crippen molar-refractivity contribution in [2.75, 3.05) is 26.9 Å². The van der Waals surface area contributed by atoms with Crippen LogP contribution in [0.2, 0.25) is 0 Å². The predicted octanol–water partition coefficient (Wildman–Crippen LogP) is 3.38. The van der Waals surface area contributed by atoms with Crippen molar-refractivity contribution in [3.8, 4) is 5.75 Å². The monoisotopic (exact) mass is 277 g/mol. The standard InChI is InChI=1S/C17H27NO2/c1-19-11-12-20-17-10-6-5-9-16(17)14-18-13-15-7-3-2-4-8-15/h5-6,9-10,15,18H,2-4,7-8,11-14H2,1H3. The number of hydrogen-bond donors (Lipinski definition) is 1. The molecule has 0 spiro atoms. The normalized spacial score (nSPS) is 16.2. The number of ether oxygens (including phenoxy) is 2.